The van der Waals surface area contributed by atoms with E-state index in [0.717, 1.165) is 0 Å². The molecular formula is C19H15Cl2N3O5. The van der Waals surface area contributed by atoms with E-state index in [0.29, 0.717) is 22.8 Å². The van der Waals surface area contributed by atoms with Crippen LogP contribution < -0.4 is 5.43 Å². The average molecular weight is 436 g/mol. The number of aromatic nitrogens is 3. The molecule has 0 saturated carbocycles. The third-order valence-electron chi connectivity index (χ3n) is 4.30. The molecule has 0 aliphatic rings. The molecule has 3 aromatic rings. The summed E-state index contributed by atoms with van der Waals surface area (Å²) in [5.74, 6) is -2.54. The Bertz CT molecular complexity index is 1180. The highest BCUT2D eigenvalue weighted by Gasteiger charge is 2.22. The molecular weight excluding hydrogens is 421 g/mol. The summed E-state index contributed by atoms with van der Waals surface area (Å²) in [4.78, 5) is 35.5. The van der Waals surface area contributed by atoms with E-state index in [9.17, 15) is 19.5 Å². The minimum Gasteiger partial charge on any atom is -0.477 e. The van der Waals surface area contributed by atoms with Crippen LogP contribution in [0.5, 0.6) is 0 Å². The Hall–Kier alpha value is -3.10. The maximum atomic E-state index is 12.6. The fraction of sp³-hybridized carbons (Fsp3) is 0.158. The van der Waals surface area contributed by atoms with E-state index in [2.05, 4.69) is 5.10 Å². The summed E-state index contributed by atoms with van der Waals surface area (Å²) >= 11 is 12.1. The van der Waals surface area contributed by atoms with Gasteiger partial charge in [-0.2, -0.15) is 5.10 Å². The number of hydrogen-bond acceptors (Lipinski definition) is 4. The molecule has 150 valence electrons. The molecule has 2 aromatic heterocycles. The molecule has 0 atom stereocenters. The van der Waals surface area contributed by atoms with E-state index in [1.807, 2.05) is 0 Å². The fourth-order valence-corrected chi connectivity index (χ4v) is 3.37. The Balaban J connectivity index is 2.24. The van der Waals surface area contributed by atoms with Gasteiger partial charge in [-0.25, -0.2) is 9.59 Å². The van der Waals surface area contributed by atoms with E-state index in [1.165, 1.54) is 35.1 Å². The molecule has 0 bridgehead atoms. The number of benzene rings is 1. The number of nitrogens with zero attached hydrogens (tertiary/aromatic N) is 3. The summed E-state index contributed by atoms with van der Waals surface area (Å²) < 4.78 is 3.02. The van der Waals surface area contributed by atoms with Crippen molar-refractivity contribution in [3.63, 3.8) is 0 Å². The van der Waals surface area contributed by atoms with Crippen LogP contribution in [-0.2, 0) is 13.1 Å². The van der Waals surface area contributed by atoms with Crippen LogP contribution in [0.1, 0.15) is 33.5 Å². The number of hydrogen-bond donors (Lipinski definition) is 2. The first kappa shape index (κ1) is 20.6. The van der Waals surface area contributed by atoms with Gasteiger partial charge in [0.2, 0.25) is 0 Å². The van der Waals surface area contributed by atoms with E-state index in [4.69, 9.17) is 28.3 Å². The molecule has 29 heavy (non-hydrogen) atoms. The highest BCUT2D eigenvalue weighted by Crippen LogP contribution is 2.30. The summed E-state index contributed by atoms with van der Waals surface area (Å²) in [5, 5.41) is 23.1. The van der Waals surface area contributed by atoms with Crippen molar-refractivity contribution in [1.82, 2.24) is 14.3 Å². The van der Waals surface area contributed by atoms with Crippen LogP contribution in [0.2, 0.25) is 10.0 Å². The van der Waals surface area contributed by atoms with Crippen LogP contribution in [0.15, 0.2) is 41.3 Å². The number of halogens is 2. The van der Waals surface area contributed by atoms with Crippen molar-refractivity contribution in [2.24, 2.45) is 0 Å². The Kier molecular flexibility index (Phi) is 5.76. The fourth-order valence-electron chi connectivity index (χ4n) is 3.07. The van der Waals surface area contributed by atoms with Crippen LogP contribution in [0, 0.1) is 0 Å². The molecule has 0 radical (unpaired) electrons. The second-order valence-electron chi connectivity index (χ2n) is 6.11. The molecule has 2 N–H and O–H groups in total. The third-order valence-corrected chi connectivity index (χ3v) is 5.04. The molecule has 8 nitrogen and oxygen atoms in total. The average Bonchev–Trinajstić information content (AvgIpc) is 3.12. The summed E-state index contributed by atoms with van der Waals surface area (Å²) in [6, 6.07) is 7.16. The largest absolute Gasteiger partial charge is 0.477 e. The van der Waals surface area contributed by atoms with Crippen LogP contribution in [-0.4, -0.2) is 36.5 Å². The van der Waals surface area contributed by atoms with Crippen LogP contribution in [0.4, 0.5) is 0 Å². The Morgan fingerprint density at radius 2 is 1.79 bits per heavy atom. The molecule has 0 fully saturated rings. The quantitative estimate of drug-likeness (QED) is 0.612. The van der Waals surface area contributed by atoms with Gasteiger partial charge in [0.15, 0.2) is 11.1 Å². The number of rotatable bonds is 6. The number of carbonyl (C=O) groups is 2. The second kappa shape index (κ2) is 8.10. The van der Waals surface area contributed by atoms with Crippen LogP contribution in [0.25, 0.3) is 11.3 Å². The Morgan fingerprint density at radius 3 is 2.34 bits per heavy atom. The van der Waals surface area contributed by atoms with Crippen LogP contribution in [0.3, 0.4) is 0 Å². The van der Waals surface area contributed by atoms with Gasteiger partial charge >= 0.3 is 11.9 Å². The number of carboxylic acid groups (broad SMARTS) is 2. The molecule has 0 spiro atoms. The summed E-state index contributed by atoms with van der Waals surface area (Å²) in [6.45, 7) is 2.22. The lowest BCUT2D eigenvalue weighted by molar-refractivity contribution is 0.0681. The maximum Gasteiger partial charge on any atom is 0.356 e. The van der Waals surface area contributed by atoms with Gasteiger partial charge in [-0.3, -0.25) is 9.48 Å². The van der Waals surface area contributed by atoms with Crippen molar-refractivity contribution >= 4 is 35.1 Å². The van der Waals surface area contributed by atoms with E-state index in [-0.39, 0.29) is 28.5 Å². The predicted octanol–water partition coefficient (Wildman–Crippen LogP) is 3.48. The van der Waals surface area contributed by atoms with Gasteiger partial charge < -0.3 is 14.8 Å². The van der Waals surface area contributed by atoms with Crippen molar-refractivity contribution < 1.29 is 19.8 Å². The lowest BCUT2D eigenvalue weighted by Crippen LogP contribution is -2.24. The van der Waals surface area contributed by atoms with Gasteiger partial charge in [-0.05, 0) is 25.1 Å². The number of aromatic carboxylic acids is 2. The van der Waals surface area contributed by atoms with Gasteiger partial charge in [0.1, 0.15) is 5.56 Å². The molecule has 1 aromatic carbocycles. The first-order chi connectivity index (χ1) is 13.7. The lowest BCUT2D eigenvalue weighted by Gasteiger charge is -2.20. The van der Waals surface area contributed by atoms with Gasteiger partial charge in [-0.1, -0.05) is 29.3 Å². The molecule has 0 saturated heterocycles. The number of pyridine rings is 1. The smallest absolute Gasteiger partial charge is 0.356 e. The first-order valence-electron chi connectivity index (χ1n) is 8.45. The van der Waals surface area contributed by atoms with Crippen molar-refractivity contribution in [2.75, 3.05) is 0 Å². The van der Waals surface area contributed by atoms with Gasteiger partial charge in [0.25, 0.3) is 0 Å². The highest BCUT2D eigenvalue weighted by molar-refractivity contribution is 6.42. The molecule has 3 rings (SSSR count). The minimum absolute atomic E-state index is 0.0740. The molecule has 2 heterocycles. The zero-order valence-electron chi connectivity index (χ0n) is 15.1. The van der Waals surface area contributed by atoms with Crippen LogP contribution >= 0.6 is 23.2 Å². The standard InChI is InChI=1S/C19H15Cl2N3O5/c1-2-24-11(9-23-6-5-14(22-23)18(26)27)8-15(25)16(19(28)29)17(24)10-3-4-12(20)13(21)7-10/h3-8H,2,9H2,1H3,(H,26,27)(H,28,29). The topological polar surface area (TPSA) is 114 Å². The molecule has 0 unspecified atom stereocenters. The Morgan fingerprint density at radius 1 is 1.07 bits per heavy atom. The minimum atomic E-state index is -1.36. The zero-order valence-corrected chi connectivity index (χ0v) is 16.6. The van der Waals surface area contributed by atoms with Gasteiger partial charge in [0.05, 0.1) is 22.3 Å². The van der Waals surface area contributed by atoms with Crippen molar-refractivity contribution in [3.8, 4) is 11.3 Å². The zero-order chi connectivity index (χ0) is 21.3. The second-order valence-corrected chi connectivity index (χ2v) is 6.92. The molecule has 0 amide bonds. The number of carboxylic acids is 2. The monoisotopic (exact) mass is 435 g/mol. The molecule has 0 aliphatic heterocycles. The van der Waals surface area contributed by atoms with E-state index < -0.39 is 17.4 Å². The van der Waals surface area contributed by atoms with Gasteiger partial charge in [0, 0.05) is 30.1 Å². The van der Waals surface area contributed by atoms with Gasteiger partial charge in [-0.15, -0.1) is 0 Å². The summed E-state index contributed by atoms with van der Waals surface area (Å²) in [5.41, 5.74) is -0.133. The summed E-state index contributed by atoms with van der Waals surface area (Å²) in [7, 11) is 0. The first-order valence-corrected chi connectivity index (χ1v) is 9.20. The highest BCUT2D eigenvalue weighted by atomic mass is 35.5. The normalized spacial score (nSPS) is 10.9. The SMILES string of the molecule is CCn1c(Cn2ccc(C(=O)O)n2)cc(=O)c(C(=O)O)c1-c1ccc(Cl)c(Cl)c1. The maximum absolute atomic E-state index is 12.6. The summed E-state index contributed by atoms with van der Waals surface area (Å²) in [6.07, 6.45) is 1.47. The third kappa shape index (κ3) is 4.03. The van der Waals surface area contributed by atoms with E-state index >= 15 is 0 Å². The van der Waals surface area contributed by atoms with Crippen molar-refractivity contribution in [1.29, 1.82) is 0 Å². The van der Waals surface area contributed by atoms with Crippen molar-refractivity contribution in [3.05, 3.63) is 73.7 Å². The molecule has 0 aliphatic carbocycles. The Labute approximate surface area is 174 Å². The predicted molar refractivity (Wildman–Crippen MR) is 107 cm³/mol. The van der Waals surface area contributed by atoms with E-state index in [1.54, 1.807) is 17.6 Å². The molecule has 10 heteroatoms. The van der Waals surface area contributed by atoms with Crippen molar-refractivity contribution in [2.45, 2.75) is 20.0 Å². The lowest BCUT2D eigenvalue weighted by atomic mass is 10.0.